The zero-order chi connectivity index (χ0) is 13.4. The highest BCUT2D eigenvalue weighted by atomic mass is 35.5. The van der Waals surface area contributed by atoms with Crippen molar-refractivity contribution < 1.29 is 4.74 Å². The van der Waals surface area contributed by atoms with Gasteiger partial charge in [0.05, 0.1) is 23.0 Å². The Morgan fingerprint density at radius 3 is 3.05 bits per heavy atom. The lowest BCUT2D eigenvalue weighted by molar-refractivity contribution is 0.0292. The SMILES string of the molecule is CC1COCCC1n1c(CCl)nc2c(Cl)cccc21. The van der Waals surface area contributed by atoms with Crippen molar-refractivity contribution in [3.8, 4) is 0 Å². The quantitative estimate of drug-likeness (QED) is 0.783. The molecule has 0 amide bonds. The zero-order valence-corrected chi connectivity index (χ0v) is 12.3. The molecule has 0 aliphatic carbocycles. The molecule has 0 spiro atoms. The van der Waals surface area contributed by atoms with Crippen LogP contribution in [0.25, 0.3) is 11.0 Å². The Kier molecular flexibility index (Phi) is 3.70. The predicted octanol–water partition coefficient (Wildman–Crippen LogP) is 4.03. The number of hydrogen-bond donors (Lipinski definition) is 0. The minimum absolute atomic E-state index is 0.381. The Balaban J connectivity index is 2.18. The Bertz CT molecular complexity index is 596. The summed E-state index contributed by atoms with van der Waals surface area (Å²) in [6.07, 6.45) is 0.989. The van der Waals surface area contributed by atoms with Crippen molar-refractivity contribution in [1.29, 1.82) is 0 Å². The van der Waals surface area contributed by atoms with E-state index in [9.17, 15) is 0 Å². The minimum atomic E-state index is 0.381. The molecule has 3 rings (SSSR count). The van der Waals surface area contributed by atoms with E-state index in [1.54, 1.807) is 0 Å². The summed E-state index contributed by atoms with van der Waals surface area (Å²) >= 11 is 12.3. The van der Waals surface area contributed by atoms with Gasteiger partial charge in [0.15, 0.2) is 0 Å². The van der Waals surface area contributed by atoms with Crippen LogP contribution in [0.15, 0.2) is 18.2 Å². The first-order chi connectivity index (χ1) is 9.22. The fourth-order valence-electron chi connectivity index (χ4n) is 2.85. The highest BCUT2D eigenvalue weighted by Crippen LogP contribution is 2.34. The average molecular weight is 299 g/mol. The summed E-state index contributed by atoms with van der Waals surface area (Å²) in [6.45, 7) is 3.78. The number of fused-ring (bicyclic) bond motifs is 1. The van der Waals surface area contributed by atoms with Crippen LogP contribution in [0.5, 0.6) is 0 Å². The van der Waals surface area contributed by atoms with E-state index >= 15 is 0 Å². The van der Waals surface area contributed by atoms with Crippen molar-refractivity contribution in [2.75, 3.05) is 13.2 Å². The van der Waals surface area contributed by atoms with Crippen LogP contribution in [0, 0.1) is 5.92 Å². The van der Waals surface area contributed by atoms with Crippen LogP contribution in [0.4, 0.5) is 0 Å². The summed E-state index contributed by atoms with van der Waals surface area (Å²) in [5.41, 5.74) is 1.92. The van der Waals surface area contributed by atoms with E-state index in [4.69, 9.17) is 27.9 Å². The Labute approximate surface area is 122 Å². The third-order valence-electron chi connectivity index (χ3n) is 3.79. The number of aromatic nitrogens is 2. The largest absolute Gasteiger partial charge is 0.381 e. The molecule has 1 aliphatic heterocycles. The van der Waals surface area contributed by atoms with Crippen molar-refractivity contribution in [2.24, 2.45) is 5.92 Å². The van der Waals surface area contributed by atoms with Gasteiger partial charge in [0, 0.05) is 18.6 Å². The molecule has 0 N–H and O–H groups in total. The van der Waals surface area contributed by atoms with E-state index in [1.807, 2.05) is 12.1 Å². The number of benzene rings is 1. The lowest BCUT2D eigenvalue weighted by Crippen LogP contribution is -2.28. The molecule has 2 heterocycles. The standard InChI is InChI=1S/C14H16Cl2N2O/c1-9-8-19-6-5-11(9)18-12-4-2-3-10(16)14(12)17-13(18)7-15/h2-4,9,11H,5-8H2,1H3. The van der Waals surface area contributed by atoms with Gasteiger partial charge in [-0.3, -0.25) is 0 Å². The van der Waals surface area contributed by atoms with Crippen molar-refractivity contribution in [3.63, 3.8) is 0 Å². The fraction of sp³-hybridized carbons (Fsp3) is 0.500. The first-order valence-corrected chi connectivity index (χ1v) is 7.42. The molecular formula is C14H16Cl2N2O. The lowest BCUT2D eigenvalue weighted by atomic mass is 9.97. The van der Waals surface area contributed by atoms with E-state index in [0.717, 1.165) is 36.5 Å². The molecule has 0 radical (unpaired) electrons. The Morgan fingerprint density at radius 1 is 1.47 bits per heavy atom. The molecule has 1 saturated heterocycles. The van der Waals surface area contributed by atoms with Gasteiger partial charge in [0.1, 0.15) is 11.3 Å². The first kappa shape index (κ1) is 13.2. The molecule has 0 bridgehead atoms. The van der Waals surface area contributed by atoms with Crippen LogP contribution in [-0.4, -0.2) is 22.8 Å². The number of imidazole rings is 1. The van der Waals surface area contributed by atoms with Gasteiger partial charge in [-0.15, -0.1) is 11.6 Å². The van der Waals surface area contributed by atoms with Crippen molar-refractivity contribution in [3.05, 3.63) is 29.0 Å². The average Bonchev–Trinajstić information content (AvgIpc) is 2.79. The van der Waals surface area contributed by atoms with Crippen LogP contribution in [-0.2, 0) is 10.6 Å². The highest BCUT2D eigenvalue weighted by Gasteiger charge is 2.27. The summed E-state index contributed by atoms with van der Waals surface area (Å²) in [7, 11) is 0. The van der Waals surface area contributed by atoms with Gasteiger partial charge >= 0.3 is 0 Å². The zero-order valence-electron chi connectivity index (χ0n) is 10.8. The van der Waals surface area contributed by atoms with E-state index in [-0.39, 0.29) is 0 Å². The third-order valence-corrected chi connectivity index (χ3v) is 4.33. The lowest BCUT2D eigenvalue weighted by Gasteiger charge is -2.31. The molecular weight excluding hydrogens is 283 g/mol. The number of halogens is 2. The van der Waals surface area contributed by atoms with Gasteiger partial charge in [-0.2, -0.15) is 0 Å². The number of hydrogen-bond acceptors (Lipinski definition) is 2. The van der Waals surface area contributed by atoms with E-state index in [0.29, 0.717) is 22.9 Å². The maximum absolute atomic E-state index is 6.23. The molecule has 2 atom stereocenters. The summed E-state index contributed by atoms with van der Waals surface area (Å²) in [6, 6.07) is 6.27. The van der Waals surface area contributed by atoms with Crippen molar-refractivity contribution >= 4 is 34.2 Å². The van der Waals surface area contributed by atoms with Crippen molar-refractivity contribution in [1.82, 2.24) is 9.55 Å². The third kappa shape index (κ3) is 2.24. The molecule has 19 heavy (non-hydrogen) atoms. The molecule has 5 heteroatoms. The maximum atomic E-state index is 6.23. The second kappa shape index (κ2) is 5.31. The topological polar surface area (TPSA) is 27.1 Å². The van der Waals surface area contributed by atoms with E-state index in [2.05, 4.69) is 22.5 Å². The molecule has 2 unspecified atom stereocenters. The van der Waals surface area contributed by atoms with Crippen LogP contribution in [0.3, 0.4) is 0 Å². The van der Waals surface area contributed by atoms with E-state index in [1.165, 1.54) is 0 Å². The summed E-state index contributed by atoms with van der Waals surface area (Å²) < 4.78 is 7.78. The number of ether oxygens (including phenoxy) is 1. The minimum Gasteiger partial charge on any atom is -0.381 e. The second-order valence-electron chi connectivity index (χ2n) is 5.05. The van der Waals surface area contributed by atoms with E-state index < -0.39 is 0 Å². The molecule has 1 aliphatic rings. The smallest absolute Gasteiger partial charge is 0.125 e. The molecule has 1 aromatic heterocycles. The highest BCUT2D eigenvalue weighted by molar-refractivity contribution is 6.35. The number of para-hydroxylation sites is 1. The van der Waals surface area contributed by atoms with Crippen LogP contribution in [0.2, 0.25) is 5.02 Å². The first-order valence-electron chi connectivity index (χ1n) is 6.51. The van der Waals surface area contributed by atoms with Crippen LogP contribution in [0.1, 0.15) is 25.2 Å². The normalized spacial score (nSPS) is 23.9. The maximum Gasteiger partial charge on any atom is 0.125 e. The summed E-state index contributed by atoms with van der Waals surface area (Å²) in [5.74, 6) is 1.74. The molecule has 3 nitrogen and oxygen atoms in total. The molecule has 0 saturated carbocycles. The molecule has 2 aromatic rings. The fourth-order valence-corrected chi connectivity index (χ4v) is 3.25. The van der Waals surface area contributed by atoms with Gasteiger partial charge in [0.25, 0.3) is 0 Å². The number of nitrogens with zero attached hydrogens (tertiary/aromatic N) is 2. The number of alkyl halides is 1. The van der Waals surface area contributed by atoms with Gasteiger partial charge < -0.3 is 9.30 Å². The van der Waals surface area contributed by atoms with Gasteiger partial charge in [0.2, 0.25) is 0 Å². The predicted molar refractivity (Wildman–Crippen MR) is 77.9 cm³/mol. The van der Waals surface area contributed by atoms with Gasteiger partial charge in [-0.25, -0.2) is 4.98 Å². The molecule has 102 valence electrons. The summed E-state index contributed by atoms with van der Waals surface area (Å²) in [5, 5.41) is 0.683. The van der Waals surface area contributed by atoms with Gasteiger partial charge in [-0.05, 0) is 18.6 Å². The number of rotatable bonds is 2. The summed E-state index contributed by atoms with van der Waals surface area (Å²) in [4.78, 5) is 4.60. The molecule has 1 fully saturated rings. The molecule has 1 aromatic carbocycles. The second-order valence-corrected chi connectivity index (χ2v) is 5.72. The Morgan fingerprint density at radius 2 is 2.32 bits per heavy atom. The monoisotopic (exact) mass is 298 g/mol. The van der Waals surface area contributed by atoms with Gasteiger partial charge in [-0.1, -0.05) is 24.6 Å². The van der Waals surface area contributed by atoms with Crippen LogP contribution >= 0.6 is 23.2 Å². The van der Waals surface area contributed by atoms with Crippen LogP contribution < -0.4 is 0 Å². The Hall–Kier alpha value is -0.770. The van der Waals surface area contributed by atoms with Crippen molar-refractivity contribution in [2.45, 2.75) is 25.3 Å².